The number of nitrogens with zero attached hydrogens (tertiary/aromatic N) is 3. The first-order valence-electron chi connectivity index (χ1n) is 7.93. The molecule has 0 radical (unpaired) electrons. The van der Waals surface area contributed by atoms with Gasteiger partial charge >= 0.3 is 5.97 Å². The number of esters is 1. The molecule has 0 amide bonds. The lowest BCUT2D eigenvalue weighted by atomic mass is 10.0. The van der Waals surface area contributed by atoms with Crippen LogP contribution in [0, 0.1) is 5.92 Å². The van der Waals surface area contributed by atoms with Crippen molar-refractivity contribution in [2.45, 2.75) is 39.5 Å². The van der Waals surface area contributed by atoms with E-state index >= 15 is 0 Å². The first-order chi connectivity index (χ1) is 10.6. The maximum absolute atomic E-state index is 12.0. The standard InChI is InChI=1S/C17H27N3O2/c1-5-7-8-14(6-2)13-22-17(21)15-9-11-16(12-10-15)18-19-20(3)4/h9-12,14H,5-8,13H2,1-4H3/b19-18+. The molecule has 0 N–H and O–H groups in total. The largest absolute Gasteiger partial charge is 0.462 e. The molecule has 22 heavy (non-hydrogen) atoms. The van der Waals surface area contributed by atoms with Crippen LogP contribution in [0.3, 0.4) is 0 Å². The van der Waals surface area contributed by atoms with Crippen LogP contribution in [0.25, 0.3) is 0 Å². The predicted octanol–water partition coefficient (Wildman–Crippen LogP) is 4.62. The van der Waals surface area contributed by atoms with Crippen LogP contribution in [0.4, 0.5) is 5.69 Å². The van der Waals surface area contributed by atoms with Gasteiger partial charge in [0.15, 0.2) is 0 Å². The molecule has 0 aliphatic carbocycles. The molecule has 0 aliphatic rings. The minimum atomic E-state index is -0.272. The molecular formula is C17H27N3O2. The summed E-state index contributed by atoms with van der Waals surface area (Å²) in [5, 5.41) is 9.55. The van der Waals surface area contributed by atoms with Gasteiger partial charge in [0.25, 0.3) is 0 Å². The van der Waals surface area contributed by atoms with Gasteiger partial charge in [-0.25, -0.2) is 4.79 Å². The predicted molar refractivity (Wildman–Crippen MR) is 88.2 cm³/mol. The number of carbonyl (C=O) groups excluding carboxylic acids is 1. The highest BCUT2D eigenvalue weighted by Crippen LogP contribution is 2.16. The molecule has 5 heteroatoms. The lowest BCUT2D eigenvalue weighted by Crippen LogP contribution is -2.14. The van der Waals surface area contributed by atoms with E-state index in [2.05, 4.69) is 24.2 Å². The fourth-order valence-electron chi connectivity index (χ4n) is 1.98. The van der Waals surface area contributed by atoms with E-state index in [4.69, 9.17) is 4.74 Å². The van der Waals surface area contributed by atoms with Crippen molar-refractivity contribution in [3.63, 3.8) is 0 Å². The quantitative estimate of drug-likeness (QED) is 0.380. The van der Waals surface area contributed by atoms with Crippen LogP contribution in [0.1, 0.15) is 49.9 Å². The van der Waals surface area contributed by atoms with Crippen LogP contribution in [0.5, 0.6) is 0 Å². The third-order valence-corrected chi connectivity index (χ3v) is 3.44. The molecule has 1 aromatic carbocycles. The SMILES string of the molecule is CCCCC(CC)COC(=O)c1ccc(/N=N/N(C)C)cc1. The normalized spacial score (nSPS) is 12.4. The summed E-state index contributed by atoms with van der Waals surface area (Å²) in [5.74, 6) is 0.183. The lowest BCUT2D eigenvalue weighted by Gasteiger charge is -2.14. The van der Waals surface area contributed by atoms with Crippen LogP contribution in [-0.4, -0.2) is 31.7 Å². The van der Waals surface area contributed by atoms with Gasteiger partial charge in [0.1, 0.15) is 0 Å². The average Bonchev–Trinajstić information content (AvgIpc) is 2.53. The molecule has 1 unspecified atom stereocenters. The highest BCUT2D eigenvalue weighted by atomic mass is 16.5. The van der Waals surface area contributed by atoms with Crippen LogP contribution in [0.15, 0.2) is 34.6 Å². The number of hydrogen-bond donors (Lipinski definition) is 0. The fraction of sp³-hybridized carbons (Fsp3) is 0.588. The second-order valence-electron chi connectivity index (χ2n) is 5.60. The summed E-state index contributed by atoms with van der Waals surface area (Å²) in [6.07, 6.45) is 4.51. The molecule has 5 nitrogen and oxygen atoms in total. The molecule has 0 aromatic heterocycles. The van der Waals surface area contributed by atoms with E-state index in [0.29, 0.717) is 23.8 Å². The Morgan fingerprint density at radius 1 is 1.23 bits per heavy atom. The first kappa shape index (κ1) is 18.1. The topological polar surface area (TPSA) is 54.3 Å². The zero-order valence-corrected chi connectivity index (χ0v) is 14.1. The monoisotopic (exact) mass is 305 g/mol. The molecule has 0 aliphatic heterocycles. The molecular weight excluding hydrogens is 278 g/mol. The minimum Gasteiger partial charge on any atom is -0.462 e. The first-order valence-corrected chi connectivity index (χ1v) is 7.93. The molecule has 0 bridgehead atoms. The number of benzene rings is 1. The molecule has 1 aromatic rings. The van der Waals surface area contributed by atoms with E-state index < -0.39 is 0 Å². The number of carbonyl (C=O) groups is 1. The molecule has 122 valence electrons. The lowest BCUT2D eigenvalue weighted by molar-refractivity contribution is 0.0428. The van der Waals surface area contributed by atoms with Gasteiger partial charge in [-0.2, -0.15) is 0 Å². The molecule has 1 rings (SSSR count). The van der Waals surface area contributed by atoms with Gasteiger partial charge in [0.2, 0.25) is 0 Å². The van der Waals surface area contributed by atoms with E-state index in [1.807, 2.05) is 0 Å². The summed E-state index contributed by atoms with van der Waals surface area (Å²) < 4.78 is 5.42. The zero-order valence-electron chi connectivity index (χ0n) is 14.1. The van der Waals surface area contributed by atoms with Crippen molar-refractivity contribution in [2.75, 3.05) is 20.7 Å². The third-order valence-electron chi connectivity index (χ3n) is 3.44. The summed E-state index contributed by atoms with van der Waals surface area (Å²) in [5.41, 5.74) is 1.26. The summed E-state index contributed by atoms with van der Waals surface area (Å²) in [6.45, 7) is 4.81. The third kappa shape index (κ3) is 6.70. The van der Waals surface area contributed by atoms with Crippen molar-refractivity contribution in [3.05, 3.63) is 29.8 Å². The molecule has 0 saturated carbocycles. The van der Waals surface area contributed by atoms with Gasteiger partial charge in [-0.05, 0) is 36.6 Å². The van der Waals surface area contributed by atoms with Crippen LogP contribution in [-0.2, 0) is 4.74 Å². The molecule has 0 spiro atoms. The summed E-state index contributed by atoms with van der Waals surface area (Å²) in [6, 6.07) is 6.97. The van der Waals surface area contributed by atoms with E-state index in [9.17, 15) is 4.79 Å². The maximum atomic E-state index is 12.0. The minimum absolute atomic E-state index is 0.272. The van der Waals surface area contributed by atoms with Gasteiger partial charge in [-0.1, -0.05) is 38.3 Å². The van der Waals surface area contributed by atoms with Crippen molar-refractivity contribution >= 4 is 11.7 Å². The summed E-state index contributed by atoms with van der Waals surface area (Å²) >= 11 is 0. The highest BCUT2D eigenvalue weighted by Gasteiger charge is 2.11. The fourth-order valence-corrected chi connectivity index (χ4v) is 1.98. The Kier molecular flexibility index (Phi) is 8.18. The maximum Gasteiger partial charge on any atom is 0.338 e. The van der Waals surface area contributed by atoms with Crippen LogP contribution in [0.2, 0.25) is 0 Å². The van der Waals surface area contributed by atoms with Crippen molar-refractivity contribution in [1.29, 1.82) is 0 Å². The van der Waals surface area contributed by atoms with E-state index in [1.165, 1.54) is 12.8 Å². The van der Waals surface area contributed by atoms with Crippen LogP contribution < -0.4 is 0 Å². The average molecular weight is 305 g/mol. The molecule has 1 atom stereocenters. The smallest absolute Gasteiger partial charge is 0.338 e. The highest BCUT2D eigenvalue weighted by molar-refractivity contribution is 5.89. The van der Waals surface area contributed by atoms with E-state index in [1.54, 1.807) is 43.4 Å². The van der Waals surface area contributed by atoms with Gasteiger partial charge < -0.3 is 4.74 Å². The van der Waals surface area contributed by atoms with Crippen molar-refractivity contribution in [1.82, 2.24) is 5.01 Å². The van der Waals surface area contributed by atoms with Crippen molar-refractivity contribution in [2.24, 2.45) is 16.3 Å². The zero-order chi connectivity index (χ0) is 16.4. The van der Waals surface area contributed by atoms with Gasteiger partial charge in [-0.3, -0.25) is 5.01 Å². The summed E-state index contributed by atoms with van der Waals surface area (Å²) in [7, 11) is 3.61. The number of rotatable bonds is 9. The van der Waals surface area contributed by atoms with Crippen molar-refractivity contribution < 1.29 is 9.53 Å². The Morgan fingerprint density at radius 3 is 2.45 bits per heavy atom. The Balaban J connectivity index is 2.51. The number of hydrogen-bond acceptors (Lipinski definition) is 4. The van der Waals surface area contributed by atoms with Crippen molar-refractivity contribution in [3.8, 4) is 0 Å². The Hall–Kier alpha value is -1.91. The van der Waals surface area contributed by atoms with E-state index in [-0.39, 0.29) is 5.97 Å². The molecule has 0 heterocycles. The van der Waals surface area contributed by atoms with Gasteiger partial charge in [0, 0.05) is 14.1 Å². The van der Waals surface area contributed by atoms with Crippen LogP contribution >= 0.6 is 0 Å². The van der Waals surface area contributed by atoms with Gasteiger partial charge in [0.05, 0.1) is 17.9 Å². The number of ether oxygens (including phenoxy) is 1. The second kappa shape index (κ2) is 9.92. The Bertz CT molecular complexity index is 469. The summed E-state index contributed by atoms with van der Waals surface area (Å²) in [4.78, 5) is 12.0. The molecule has 0 fully saturated rings. The van der Waals surface area contributed by atoms with Gasteiger partial charge in [-0.15, -0.1) is 5.11 Å². The second-order valence-corrected chi connectivity index (χ2v) is 5.60. The van der Waals surface area contributed by atoms with E-state index in [0.717, 1.165) is 12.8 Å². The Morgan fingerprint density at radius 2 is 1.91 bits per heavy atom. The number of unbranched alkanes of at least 4 members (excludes halogenated alkanes) is 1. The Labute approximate surface area is 133 Å². The molecule has 0 saturated heterocycles.